The highest BCUT2D eigenvalue weighted by atomic mass is 16.2. The Bertz CT molecular complexity index is 933. The van der Waals surface area contributed by atoms with Crippen molar-refractivity contribution < 1.29 is 4.79 Å². The van der Waals surface area contributed by atoms with E-state index in [4.69, 9.17) is 11.1 Å². The molecule has 176 valence electrons. The highest BCUT2D eigenvalue weighted by Crippen LogP contribution is 2.44. The number of pyridine rings is 1. The van der Waals surface area contributed by atoms with Crippen molar-refractivity contribution in [1.29, 1.82) is 5.41 Å². The Morgan fingerprint density at radius 2 is 1.88 bits per heavy atom. The van der Waals surface area contributed by atoms with Gasteiger partial charge in [0.15, 0.2) is 0 Å². The van der Waals surface area contributed by atoms with Crippen molar-refractivity contribution in [2.45, 2.75) is 63.5 Å². The zero-order valence-electron chi connectivity index (χ0n) is 19.4. The molecular formula is C26H36N6O. The summed E-state index contributed by atoms with van der Waals surface area (Å²) in [5.74, 6) is 0.445. The molecule has 1 aliphatic carbocycles. The van der Waals surface area contributed by atoms with E-state index < -0.39 is 0 Å². The van der Waals surface area contributed by atoms with Crippen molar-refractivity contribution in [2.75, 3.05) is 18.0 Å². The number of urea groups is 1. The predicted octanol–water partition coefficient (Wildman–Crippen LogP) is 4.17. The number of amides is 2. The van der Waals surface area contributed by atoms with Crippen molar-refractivity contribution in [3.8, 4) is 0 Å². The van der Waals surface area contributed by atoms with E-state index in [9.17, 15) is 4.79 Å². The summed E-state index contributed by atoms with van der Waals surface area (Å²) in [6.07, 6.45) is 10.6. The van der Waals surface area contributed by atoms with E-state index in [1.807, 2.05) is 47.4 Å². The molecule has 1 aromatic heterocycles. The number of piperidine rings is 1. The Labute approximate surface area is 196 Å². The molecule has 2 fully saturated rings. The Balaban J connectivity index is 1.74. The average molecular weight is 449 g/mol. The molecule has 0 unspecified atom stereocenters. The number of benzene rings is 1. The standard InChI is InChI=1S/C26H36N6O/c27-24(28)20-8-7-10-23(18-20)32(25(33)31-19-22-9-3-6-15-30-22)26(13-4-1-2-5-14-26)21-11-16-29-17-12-21/h3,6-10,15,18,21,29H,1-2,4-5,11-14,16-17,19H2,(H3,27,28)(H,31,33). The fourth-order valence-corrected chi connectivity index (χ4v) is 5.65. The summed E-state index contributed by atoms with van der Waals surface area (Å²) in [5.41, 5.74) is 7.87. The lowest BCUT2D eigenvalue weighted by molar-refractivity contribution is 0.173. The molecule has 4 rings (SSSR count). The fraction of sp³-hybridized carbons (Fsp3) is 0.500. The topological polar surface area (TPSA) is 107 Å². The number of carbonyl (C=O) groups is 1. The van der Waals surface area contributed by atoms with Crippen LogP contribution in [0.4, 0.5) is 10.5 Å². The van der Waals surface area contributed by atoms with Gasteiger partial charge in [-0.2, -0.15) is 0 Å². The number of nitrogens with one attached hydrogen (secondary N) is 3. The number of hydrogen-bond acceptors (Lipinski definition) is 4. The molecular weight excluding hydrogens is 412 g/mol. The lowest BCUT2D eigenvalue weighted by Gasteiger charge is -2.50. The summed E-state index contributed by atoms with van der Waals surface area (Å²) in [4.78, 5) is 20.3. The summed E-state index contributed by atoms with van der Waals surface area (Å²) in [7, 11) is 0. The molecule has 0 radical (unpaired) electrons. The quantitative estimate of drug-likeness (QED) is 0.302. The van der Waals surface area contributed by atoms with E-state index in [1.54, 1.807) is 6.20 Å². The van der Waals surface area contributed by atoms with Gasteiger partial charge in [-0.3, -0.25) is 15.3 Å². The third-order valence-electron chi connectivity index (χ3n) is 7.28. The van der Waals surface area contributed by atoms with Crippen LogP contribution >= 0.6 is 0 Å². The zero-order chi connectivity index (χ0) is 23.1. The van der Waals surface area contributed by atoms with E-state index in [0.717, 1.165) is 63.0 Å². The number of rotatable bonds is 6. The van der Waals surface area contributed by atoms with Gasteiger partial charge in [-0.25, -0.2) is 4.79 Å². The van der Waals surface area contributed by atoms with Crippen LogP contribution in [0.2, 0.25) is 0 Å². The SMILES string of the molecule is N=C(N)c1cccc(N(C(=O)NCc2ccccn2)C2(C3CCNCC3)CCCCCC2)c1. The maximum atomic E-state index is 13.9. The predicted molar refractivity (Wildman–Crippen MR) is 132 cm³/mol. The summed E-state index contributed by atoms with van der Waals surface area (Å²) in [5, 5.41) is 14.6. The summed E-state index contributed by atoms with van der Waals surface area (Å²) in [6, 6.07) is 13.3. The van der Waals surface area contributed by atoms with Gasteiger partial charge in [0.2, 0.25) is 0 Å². The molecule has 1 saturated carbocycles. The summed E-state index contributed by atoms with van der Waals surface area (Å²) >= 11 is 0. The van der Waals surface area contributed by atoms with E-state index in [-0.39, 0.29) is 17.4 Å². The number of aromatic nitrogens is 1. The molecule has 1 aliphatic heterocycles. The van der Waals surface area contributed by atoms with Crippen LogP contribution in [0.1, 0.15) is 62.6 Å². The van der Waals surface area contributed by atoms with Crippen molar-refractivity contribution in [2.24, 2.45) is 11.7 Å². The monoisotopic (exact) mass is 448 g/mol. The maximum Gasteiger partial charge on any atom is 0.322 e. The van der Waals surface area contributed by atoms with Gasteiger partial charge in [0.25, 0.3) is 0 Å². The van der Waals surface area contributed by atoms with Gasteiger partial charge < -0.3 is 16.4 Å². The van der Waals surface area contributed by atoms with Crippen molar-refractivity contribution >= 4 is 17.6 Å². The van der Waals surface area contributed by atoms with Gasteiger partial charge in [0.05, 0.1) is 17.8 Å². The van der Waals surface area contributed by atoms with Crippen LogP contribution in [0.15, 0.2) is 48.7 Å². The molecule has 2 heterocycles. The van der Waals surface area contributed by atoms with Crippen LogP contribution in [0.25, 0.3) is 0 Å². The number of anilines is 1. The normalized spacial score (nSPS) is 18.8. The van der Waals surface area contributed by atoms with Crippen molar-refractivity contribution in [3.63, 3.8) is 0 Å². The van der Waals surface area contributed by atoms with Crippen LogP contribution in [-0.2, 0) is 6.54 Å². The number of nitrogens with two attached hydrogens (primary N) is 1. The molecule has 7 nitrogen and oxygen atoms in total. The van der Waals surface area contributed by atoms with Gasteiger partial charge in [-0.15, -0.1) is 0 Å². The molecule has 0 spiro atoms. The molecule has 1 saturated heterocycles. The fourth-order valence-electron chi connectivity index (χ4n) is 5.65. The number of carbonyl (C=O) groups excluding carboxylic acids is 1. The molecule has 7 heteroatoms. The van der Waals surface area contributed by atoms with Gasteiger partial charge in [0.1, 0.15) is 5.84 Å². The van der Waals surface area contributed by atoms with Crippen LogP contribution in [0.5, 0.6) is 0 Å². The third-order valence-corrected chi connectivity index (χ3v) is 7.28. The van der Waals surface area contributed by atoms with E-state index in [1.165, 1.54) is 12.8 Å². The Morgan fingerprint density at radius 3 is 2.55 bits per heavy atom. The van der Waals surface area contributed by atoms with Gasteiger partial charge in [-0.05, 0) is 69.0 Å². The van der Waals surface area contributed by atoms with Crippen molar-refractivity contribution in [3.05, 3.63) is 59.9 Å². The lowest BCUT2D eigenvalue weighted by atomic mass is 9.72. The number of amidine groups is 1. The number of nitrogens with zero attached hydrogens (tertiary/aromatic N) is 2. The van der Waals surface area contributed by atoms with Gasteiger partial charge in [0, 0.05) is 17.4 Å². The summed E-state index contributed by atoms with van der Waals surface area (Å²) < 4.78 is 0. The molecule has 2 aliphatic rings. The molecule has 1 aromatic carbocycles. The summed E-state index contributed by atoms with van der Waals surface area (Å²) in [6.45, 7) is 2.36. The molecule has 2 aromatic rings. The van der Waals surface area contributed by atoms with E-state index >= 15 is 0 Å². The first-order valence-corrected chi connectivity index (χ1v) is 12.2. The highest BCUT2D eigenvalue weighted by molar-refractivity contribution is 5.98. The first kappa shape index (κ1) is 23.2. The average Bonchev–Trinajstić information content (AvgIpc) is 3.11. The first-order valence-electron chi connectivity index (χ1n) is 12.2. The largest absolute Gasteiger partial charge is 0.384 e. The Morgan fingerprint density at radius 1 is 1.12 bits per heavy atom. The Hall–Kier alpha value is -2.93. The minimum atomic E-state index is -0.248. The minimum absolute atomic E-state index is 0.0162. The lowest BCUT2D eigenvalue weighted by Crippen LogP contribution is -2.60. The minimum Gasteiger partial charge on any atom is -0.384 e. The van der Waals surface area contributed by atoms with Crippen LogP contribution in [-0.4, -0.2) is 35.5 Å². The van der Waals surface area contributed by atoms with Crippen LogP contribution < -0.4 is 21.3 Å². The van der Waals surface area contributed by atoms with Crippen LogP contribution in [0, 0.1) is 11.3 Å². The van der Waals surface area contributed by atoms with Crippen LogP contribution in [0.3, 0.4) is 0 Å². The molecule has 0 bridgehead atoms. The first-order chi connectivity index (χ1) is 16.1. The second-order valence-electron chi connectivity index (χ2n) is 9.32. The molecule has 2 amide bonds. The highest BCUT2D eigenvalue weighted by Gasteiger charge is 2.47. The third kappa shape index (κ3) is 5.36. The number of hydrogen-bond donors (Lipinski definition) is 4. The maximum absolute atomic E-state index is 13.9. The number of nitrogen functional groups attached to an aromatic ring is 1. The second-order valence-corrected chi connectivity index (χ2v) is 9.32. The second kappa shape index (κ2) is 10.8. The van der Waals surface area contributed by atoms with Crippen molar-refractivity contribution in [1.82, 2.24) is 15.6 Å². The molecule has 33 heavy (non-hydrogen) atoms. The molecule has 5 N–H and O–H groups in total. The molecule has 0 atom stereocenters. The smallest absolute Gasteiger partial charge is 0.322 e. The van der Waals surface area contributed by atoms with E-state index in [0.29, 0.717) is 18.0 Å². The zero-order valence-corrected chi connectivity index (χ0v) is 19.4. The van der Waals surface area contributed by atoms with E-state index in [2.05, 4.69) is 15.6 Å². The van der Waals surface area contributed by atoms with Gasteiger partial charge >= 0.3 is 6.03 Å². The Kier molecular flexibility index (Phi) is 7.60. The van der Waals surface area contributed by atoms with Gasteiger partial charge in [-0.1, -0.05) is 43.9 Å².